The summed E-state index contributed by atoms with van der Waals surface area (Å²) in [6, 6.07) is 5.58. The van der Waals surface area contributed by atoms with Gasteiger partial charge in [0.15, 0.2) is 11.5 Å². The second-order valence-electron chi connectivity index (χ2n) is 4.98. The average Bonchev–Trinajstić information content (AvgIpc) is 2.54. The first-order valence-corrected chi connectivity index (χ1v) is 7.44. The van der Waals surface area contributed by atoms with E-state index in [9.17, 15) is 5.11 Å². The summed E-state index contributed by atoms with van der Waals surface area (Å²) >= 11 is 0. The number of benzene rings is 1. The fourth-order valence-corrected chi connectivity index (χ4v) is 2.15. The summed E-state index contributed by atoms with van der Waals surface area (Å²) in [5, 5.41) is 18.9. The second-order valence-corrected chi connectivity index (χ2v) is 4.98. The Kier molecular flexibility index (Phi) is 8.84. The van der Waals surface area contributed by atoms with Crippen LogP contribution in [-0.4, -0.2) is 68.3 Å². The van der Waals surface area contributed by atoms with Crippen molar-refractivity contribution >= 4 is 0 Å². The van der Waals surface area contributed by atoms with Crippen molar-refractivity contribution in [1.82, 2.24) is 4.90 Å². The lowest BCUT2D eigenvalue weighted by molar-refractivity contribution is 0.00849. The minimum atomic E-state index is -0.577. The molecule has 0 saturated carbocycles. The highest BCUT2D eigenvalue weighted by molar-refractivity contribution is 5.42. The van der Waals surface area contributed by atoms with E-state index in [0.29, 0.717) is 31.2 Å². The van der Waals surface area contributed by atoms with E-state index in [1.54, 1.807) is 14.2 Å². The lowest BCUT2D eigenvalue weighted by atomic mass is 10.2. The van der Waals surface area contributed by atoms with Crippen LogP contribution in [0.15, 0.2) is 18.2 Å². The van der Waals surface area contributed by atoms with E-state index in [1.807, 2.05) is 30.0 Å². The predicted molar refractivity (Wildman–Crippen MR) is 84.4 cm³/mol. The van der Waals surface area contributed by atoms with Gasteiger partial charge >= 0.3 is 0 Å². The third-order valence-electron chi connectivity index (χ3n) is 3.36. The number of hydrogen-bond acceptors (Lipinski definition) is 6. The Labute approximate surface area is 132 Å². The standard InChI is InChI=1S/C16H27NO5/c1-4-17(7-8-18)10-14(19)12-22-11-13-5-6-15(20-2)16(9-13)21-3/h5-6,9,14,18-19H,4,7-8,10-12H2,1-3H3. The van der Waals surface area contributed by atoms with Gasteiger partial charge in [0.2, 0.25) is 0 Å². The molecule has 0 aromatic heterocycles. The summed E-state index contributed by atoms with van der Waals surface area (Å²) in [7, 11) is 3.18. The highest BCUT2D eigenvalue weighted by Crippen LogP contribution is 2.27. The lowest BCUT2D eigenvalue weighted by Gasteiger charge is -2.22. The van der Waals surface area contributed by atoms with Gasteiger partial charge in [0.1, 0.15) is 0 Å². The second kappa shape index (κ2) is 10.4. The molecular weight excluding hydrogens is 286 g/mol. The molecule has 0 bridgehead atoms. The van der Waals surface area contributed by atoms with Crippen LogP contribution in [0.2, 0.25) is 0 Å². The fraction of sp³-hybridized carbons (Fsp3) is 0.625. The Balaban J connectivity index is 2.40. The smallest absolute Gasteiger partial charge is 0.161 e. The van der Waals surface area contributed by atoms with Crippen LogP contribution in [0.5, 0.6) is 11.5 Å². The zero-order valence-electron chi connectivity index (χ0n) is 13.6. The molecule has 2 N–H and O–H groups in total. The summed E-state index contributed by atoms with van der Waals surface area (Å²) in [5.74, 6) is 1.33. The summed E-state index contributed by atoms with van der Waals surface area (Å²) in [5.41, 5.74) is 0.951. The Morgan fingerprint density at radius 2 is 1.91 bits per heavy atom. The van der Waals surface area contributed by atoms with Crippen molar-refractivity contribution in [2.45, 2.75) is 19.6 Å². The molecule has 0 aliphatic carbocycles. The molecular formula is C16H27NO5. The van der Waals surface area contributed by atoms with Crippen LogP contribution in [0.4, 0.5) is 0 Å². The van der Waals surface area contributed by atoms with Gasteiger partial charge in [0.05, 0.1) is 40.1 Å². The normalized spacial score (nSPS) is 12.5. The SMILES string of the molecule is CCN(CCO)CC(O)COCc1ccc(OC)c(OC)c1. The number of likely N-dealkylation sites (N-methyl/N-ethyl adjacent to an activating group) is 1. The van der Waals surface area contributed by atoms with Gasteiger partial charge < -0.3 is 24.4 Å². The van der Waals surface area contributed by atoms with Crippen LogP contribution in [-0.2, 0) is 11.3 Å². The van der Waals surface area contributed by atoms with Crippen molar-refractivity contribution < 1.29 is 24.4 Å². The first-order valence-electron chi connectivity index (χ1n) is 7.44. The first kappa shape index (κ1) is 18.7. The molecule has 22 heavy (non-hydrogen) atoms. The fourth-order valence-electron chi connectivity index (χ4n) is 2.15. The number of aliphatic hydroxyl groups excluding tert-OH is 2. The Morgan fingerprint density at radius 3 is 2.50 bits per heavy atom. The van der Waals surface area contributed by atoms with E-state index < -0.39 is 6.10 Å². The molecule has 1 atom stereocenters. The maximum atomic E-state index is 9.95. The molecule has 1 aromatic carbocycles. The Morgan fingerprint density at radius 1 is 1.18 bits per heavy atom. The summed E-state index contributed by atoms with van der Waals surface area (Å²) in [4.78, 5) is 1.98. The van der Waals surface area contributed by atoms with Gasteiger partial charge in [0.25, 0.3) is 0 Å². The molecule has 0 saturated heterocycles. The van der Waals surface area contributed by atoms with Crippen molar-refractivity contribution in [3.63, 3.8) is 0 Å². The molecule has 1 aromatic rings. The van der Waals surface area contributed by atoms with E-state index in [2.05, 4.69) is 0 Å². The van der Waals surface area contributed by atoms with Crippen molar-refractivity contribution in [3.8, 4) is 11.5 Å². The van der Waals surface area contributed by atoms with E-state index in [0.717, 1.165) is 12.1 Å². The summed E-state index contributed by atoms with van der Waals surface area (Å²) < 4.78 is 16.0. The van der Waals surface area contributed by atoms with Crippen LogP contribution in [0.1, 0.15) is 12.5 Å². The topological polar surface area (TPSA) is 71.4 Å². The zero-order valence-corrected chi connectivity index (χ0v) is 13.6. The highest BCUT2D eigenvalue weighted by Gasteiger charge is 2.11. The molecule has 0 amide bonds. The molecule has 0 aliphatic rings. The Hall–Kier alpha value is -1.34. The highest BCUT2D eigenvalue weighted by atomic mass is 16.5. The molecule has 0 fully saturated rings. The van der Waals surface area contributed by atoms with Crippen molar-refractivity contribution in [3.05, 3.63) is 23.8 Å². The molecule has 0 spiro atoms. The van der Waals surface area contributed by atoms with Gasteiger partial charge in [-0.1, -0.05) is 13.0 Å². The van der Waals surface area contributed by atoms with Crippen LogP contribution in [0, 0.1) is 0 Å². The number of nitrogens with zero attached hydrogens (tertiary/aromatic N) is 1. The number of aliphatic hydroxyl groups is 2. The largest absolute Gasteiger partial charge is 0.493 e. The van der Waals surface area contributed by atoms with E-state index >= 15 is 0 Å². The molecule has 1 unspecified atom stereocenters. The molecule has 6 heteroatoms. The van der Waals surface area contributed by atoms with Gasteiger partial charge in [-0.2, -0.15) is 0 Å². The molecule has 0 radical (unpaired) electrons. The minimum absolute atomic E-state index is 0.0903. The van der Waals surface area contributed by atoms with Crippen molar-refractivity contribution in [1.29, 1.82) is 0 Å². The Bertz CT molecular complexity index is 427. The van der Waals surface area contributed by atoms with Gasteiger partial charge in [0, 0.05) is 13.1 Å². The quantitative estimate of drug-likeness (QED) is 0.632. The molecule has 126 valence electrons. The van der Waals surface area contributed by atoms with Gasteiger partial charge in [-0.05, 0) is 24.2 Å². The lowest BCUT2D eigenvalue weighted by Crippen LogP contribution is -2.36. The summed E-state index contributed by atoms with van der Waals surface area (Å²) in [6.07, 6.45) is -0.577. The van der Waals surface area contributed by atoms with Gasteiger partial charge in [-0.25, -0.2) is 0 Å². The number of methoxy groups -OCH3 is 2. The van der Waals surface area contributed by atoms with Crippen molar-refractivity contribution in [2.75, 3.05) is 47.1 Å². The monoisotopic (exact) mass is 313 g/mol. The molecule has 0 aliphatic heterocycles. The number of ether oxygens (including phenoxy) is 3. The third-order valence-corrected chi connectivity index (χ3v) is 3.36. The molecule has 6 nitrogen and oxygen atoms in total. The van der Waals surface area contributed by atoms with Crippen LogP contribution in [0.25, 0.3) is 0 Å². The first-order chi connectivity index (χ1) is 10.6. The summed E-state index contributed by atoms with van der Waals surface area (Å²) in [6.45, 7) is 4.55. The maximum Gasteiger partial charge on any atom is 0.161 e. The van der Waals surface area contributed by atoms with Crippen LogP contribution in [0.3, 0.4) is 0 Å². The van der Waals surface area contributed by atoms with Gasteiger partial charge in [-0.3, -0.25) is 4.90 Å². The average molecular weight is 313 g/mol. The predicted octanol–water partition coefficient (Wildman–Crippen LogP) is 0.895. The van der Waals surface area contributed by atoms with E-state index in [4.69, 9.17) is 19.3 Å². The van der Waals surface area contributed by atoms with Crippen LogP contribution < -0.4 is 9.47 Å². The number of hydrogen-bond donors (Lipinski definition) is 2. The van der Waals surface area contributed by atoms with Gasteiger partial charge in [-0.15, -0.1) is 0 Å². The maximum absolute atomic E-state index is 9.95. The van der Waals surface area contributed by atoms with E-state index in [1.165, 1.54) is 0 Å². The third kappa shape index (κ3) is 6.19. The van der Waals surface area contributed by atoms with E-state index in [-0.39, 0.29) is 13.2 Å². The zero-order chi connectivity index (χ0) is 16.4. The number of rotatable bonds is 11. The molecule has 1 rings (SSSR count). The molecule has 0 heterocycles. The van der Waals surface area contributed by atoms with Crippen LogP contribution >= 0.6 is 0 Å². The minimum Gasteiger partial charge on any atom is -0.493 e. The van der Waals surface area contributed by atoms with Crippen molar-refractivity contribution in [2.24, 2.45) is 0 Å².